The Kier molecular flexibility index (Phi) is 5.86. The molecule has 12 heteroatoms. The van der Waals surface area contributed by atoms with Crippen LogP contribution in [0.1, 0.15) is 12.8 Å². The average Bonchev–Trinajstić information content (AvgIpc) is 3.55. The molecule has 0 aromatic carbocycles. The second kappa shape index (κ2) is 9.31. The SMILES string of the molecule is Nc1nc(N2CCCC(CN3CCN(c4ccnc(Cl)c4)CC3)C2)nc2nc(-c3ccco3)nn12. The molecule has 0 bridgehead atoms. The number of anilines is 3. The Morgan fingerprint density at radius 2 is 1.94 bits per heavy atom. The topological polar surface area (TPSA) is 118 Å². The van der Waals surface area contributed by atoms with Gasteiger partial charge < -0.3 is 20.0 Å². The van der Waals surface area contributed by atoms with Crippen molar-refractivity contribution < 1.29 is 4.42 Å². The zero-order valence-electron chi connectivity index (χ0n) is 19.3. The molecule has 1 atom stereocenters. The highest BCUT2D eigenvalue weighted by molar-refractivity contribution is 6.29. The zero-order valence-corrected chi connectivity index (χ0v) is 20.0. The standard InChI is InChI=1S/C23H27ClN10O/c24-19-13-17(5-6-26-19)32-10-8-31(9-11-32)14-16-3-1-7-33(15-16)22-28-21(25)34-23(29-22)27-20(30-34)18-4-2-12-35-18/h2,4-6,12-13,16H,1,3,7-11,14-15H2,(H2,25,27,28,29,30). The Hall–Kier alpha value is -3.44. The monoisotopic (exact) mass is 494 g/mol. The fourth-order valence-electron chi connectivity index (χ4n) is 4.98. The summed E-state index contributed by atoms with van der Waals surface area (Å²) >= 11 is 6.07. The third-order valence-corrected chi connectivity index (χ3v) is 6.94. The van der Waals surface area contributed by atoms with Crippen LogP contribution in [0.4, 0.5) is 17.6 Å². The molecule has 6 rings (SSSR count). The van der Waals surface area contributed by atoms with Crippen LogP contribution in [0, 0.1) is 5.92 Å². The van der Waals surface area contributed by atoms with Crippen LogP contribution in [0.5, 0.6) is 0 Å². The molecule has 2 aliphatic rings. The maximum Gasteiger partial charge on any atom is 0.259 e. The number of nitrogen functional groups attached to an aromatic ring is 1. The third kappa shape index (κ3) is 4.61. The second-order valence-electron chi connectivity index (χ2n) is 9.09. The third-order valence-electron chi connectivity index (χ3n) is 6.73. The van der Waals surface area contributed by atoms with E-state index in [0.29, 0.717) is 34.4 Å². The Balaban J connectivity index is 1.10. The maximum absolute atomic E-state index is 6.21. The normalized spacial score (nSPS) is 19.5. The number of nitrogens with zero attached hydrogens (tertiary/aromatic N) is 9. The Labute approximate surface area is 207 Å². The molecule has 11 nitrogen and oxygen atoms in total. The summed E-state index contributed by atoms with van der Waals surface area (Å²) in [5.74, 6) is 2.86. The van der Waals surface area contributed by atoms with Crippen molar-refractivity contribution >= 4 is 35.0 Å². The van der Waals surface area contributed by atoms with Crippen molar-refractivity contribution in [2.24, 2.45) is 5.92 Å². The summed E-state index contributed by atoms with van der Waals surface area (Å²) in [6.07, 6.45) is 5.65. The van der Waals surface area contributed by atoms with Crippen LogP contribution in [0.3, 0.4) is 0 Å². The first-order valence-electron chi connectivity index (χ1n) is 11.9. The molecule has 0 spiro atoms. The molecule has 1 unspecified atom stereocenters. The number of furan rings is 1. The van der Waals surface area contributed by atoms with Gasteiger partial charge in [-0.1, -0.05) is 11.6 Å². The van der Waals surface area contributed by atoms with Crippen LogP contribution < -0.4 is 15.5 Å². The van der Waals surface area contributed by atoms with Crippen LogP contribution >= 0.6 is 11.6 Å². The first-order valence-corrected chi connectivity index (χ1v) is 12.3. The molecule has 2 aliphatic heterocycles. The van der Waals surface area contributed by atoms with E-state index in [2.05, 4.69) is 39.7 Å². The van der Waals surface area contributed by atoms with E-state index >= 15 is 0 Å². The van der Waals surface area contributed by atoms with E-state index in [-0.39, 0.29) is 5.95 Å². The van der Waals surface area contributed by atoms with Crippen LogP contribution in [-0.2, 0) is 0 Å². The molecule has 182 valence electrons. The van der Waals surface area contributed by atoms with E-state index in [1.54, 1.807) is 24.6 Å². The first kappa shape index (κ1) is 22.1. The van der Waals surface area contributed by atoms with E-state index in [9.17, 15) is 0 Å². The van der Waals surface area contributed by atoms with Crippen molar-refractivity contribution in [3.8, 4) is 11.6 Å². The lowest BCUT2D eigenvalue weighted by atomic mass is 9.97. The van der Waals surface area contributed by atoms with Gasteiger partial charge >= 0.3 is 0 Å². The summed E-state index contributed by atoms with van der Waals surface area (Å²) < 4.78 is 6.86. The molecule has 2 N–H and O–H groups in total. The van der Waals surface area contributed by atoms with E-state index in [1.807, 2.05) is 12.1 Å². The minimum atomic E-state index is 0.268. The number of piperazine rings is 1. The van der Waals surface area contributed by atoms with Crippen molar-refractivity contribution in [3.63, 3.8) is 0 Å². The fraction of sp³-hybridized carbons (Fsp3) is 0.435. The number of fused-ring (bicyclic) bond motifs is 1. The predicted octanol–water partition coefficient (Wildman–Crippen LogP) is 2.45. The van der Waals surface area contributed by atoms with Gasteiger partial charge in [-0.15, -0.1) is 5.10 Å². The molecule has 4 aromatic rings. The number of rotatable bonds is 5. The number of pyridine rings is 1. The highest BCUT2D eigenvalue weighted by atomic mass is 35.5. The van der Waals surface area contributed by atoms with E-state index in [1.165, 1.54) is 10.9 Å². The Morgan fingerprint density at radius 1 is 1.06 bits per heavy atom. The molecule has 2 fully saturated rings. The minimum Gasteiger partial charge on any atom is -0.461 e. The number of nitrogens with two attached hydrogens (primary N) is 1. The molecule has 4 aromatic heterocycles. The summed E-state index contributed by atoms with van der Waals surface area (Å²) in [7, 11) is 0. The summed E-state index contributed by atoms with van der Waals surface area (Å²) in [6, 6.07) is 7.56. The lowest BCUT2D eigenvalue weighted by molar-refractivity contribution is 0.205. The number of halogens is 1. The molecule has 0 amide bonds. The smallest absolute Gasteiger partial charge is 0.259 e. The summed E-state index contributed by atoms with van der Waals surface area (Å²) in [5, 5.41) is 4.93. The van der Waals surface area contributed by atoms with Gasteiger partial charge in [0.1, 0.15) is 5.15 Å². The summed E-state index contributed by atoms with van der Waals surface area (Å²) in [6.45, 7) is 6.89. The molecule has 6 heterocycles. The lowest BCUT2D eigenvalue weighted by Crippen LogP contribution is -2.49. The summed E-state index contributed by atoms with van der Waals surface area (Å²) in [5.41, 5.74) is 7.35. The van der Waals surface area contributed by atoms with E-state index in [4.69, 9.17) is 21.8 Å². The largest absolute Gasteiger partial charge is 0.461 e. The molecular weight excluding hydrogens is 468 g/mol. The van der Waals surface area contributed by atoms with Crippen LogP contribution in [-0.4, -0.2) is 80.3 Å². The van der Waals surface area contributed by atoms with Crippen molar-refractivity contribution in [1.29, 1.82) is 0 Å². The van der Waals surface area contributed by atoms with Crippen molar-refractivity contribution in [2.75, 3.05) is 61.3 Å². The van der Waals surface area contributed by atoms with Crippen molar-refractivity contribution in [3.05, 3.63) is 41.9 Å². The molecule has 0 aliphatic carbocycles. The molecule has 2 saturated heterocycles. The number of aromatic nitrogens is 6. The molecule has 35 heavy (non-hydrogen) atoms. The van der Waals surface area contributed by atoms with Gasteiger partial charge in [0, 0.05) is 57.7 Å². The van der Waals surface area contributed by atoms with E-state index in [0.717, 1.165) is 57.9 Å². The van der Waals surface area contributed by atoms with Gasteiger partial charge in [0.05, 0.1) is 6.26 Å². The fourth-order valence-corrected chi connectivity index (χ4v) is 5.15. The molecule has 0 radical (unpaired) electrons. The van der Waals surface area contributed by atoms with Crippen molar-refractivity contribution in [2.45, 2.75) is 12.8 Å². The van der Waals surface area contributed by atoms with Gasteiger partial charge in [0.15, 0.2) is 5.76 Å². The van der Waals surface area contributed by atoms with Gasteiger partial charge in [-0.25, -0.2) is 4.98 Å². The quantitative estimate of drug-likeness (QED) is 0.414. The van der Waals surface area contributed by atoms with Gasteiger partial charge in [0.25, 0.3) is 5.78 Å². The number of piperidine rings is 1. The number of hydrogen-bond donors (Lipinski definition) is 1. The van der Waals surface area contributed by atoms with Crippen LogP contribution in [0.15, 0.2) is 41.1 Å². The minimum absolute atomic E-state index is 0.268. The van der Waals surface area contributed by atoms with Gasteiger partial charge in [-0.05, 0) is 43.0 Å². The average molecular weight is 495 g/mol. The lowest BCUT2D eigenvalue weighted by Gasteiger charge is -2.40. The maximum atomic E-state index is 6.21. The zero-order chi connectivity index (χ0) is 23.8. The van der Waals surface area contributed by atoms with Crippen LogP contribution in [0.25, 0.3) is 17.4 Å². The second-order valence-corrected chi connectivity index (χ2v) is 9.47. The van der Waals surface area contributed by atoms with E-state index < -0.39 is 0 Å². The number of hydrogen-bond acceptors (Lipinski definition) is 10. The highest BCUT2D eigenvalue weighted by Crippen LogP contribution is 2.25. The van der Waals surface area contributed by atoms with Gasteiger partial charge in [-0.3, -0.25) is 4.90 Å². The van der Waals surface area contributed by atoms with Crippen molar-refractivity contribution in [1.82, 2.24) is 34.4 Å². The van der Waals surface area contributed by atoms with Gasteiger partial charge in [0.2, 0.25) is 17.7 Å². The molecule has 0 saturated carbocycles. The highest BCUT2D eigenvalue weighted by Gasteiger charge is 2.27. The summed E-state index contributed by atoms with van der Waals surface area (Å²) in [4.78, 5) is 24.9. The Bertz CT molecular complexity index is 1300. The Morgan fingerprint density at radius 3 is 2.74 bits per heavy atom. The molecular formula is C23H27ClN10O. The first-order chi connectivity index (χ1) is 17.1. The van der Waals surface area contributed by atoms with Crippen LogP contribution in [0.2, 0.25) is 5.15 Å². The van der Waals surface area contributed by atoms with Gasteiger partial charge in [-0.2, -0.15) is 19.5 Å². The predicted molar refractivity (Wildman–Crippen MR) is 134 cm³/mol.